The average Bonchev–Trinajstić information content (AvgIpc) is 2.22. The molecule has 2 nitrogen and oxygen atoms in total. The molecule has 15 heavy (non-hydrogen) atoms. The Kier molecular flexibility index (Phi) is 3.22. The minimum absolute atomic E-state index is 0.391. The summed E-state index contributed by atoms with van der Waals surface area (Å²) >= 11 is 0. The number of nitrogens with one attached hydrogen (secondary N) is 1. The van der Waals surface area contributed by atoms with Crippen molar-refractivity contribution >= 4 is 10.8 Å². The number of hydrogen-bond acceptors (Lipinski definition) is 2. The van der Waals surface area contributed by atoms with E-state index in [9.17, 15) is 4.21 Å². The van der Waals surface area contributed by atoms with Crippen LogP contribution in [0.15, 0.2) is 23.1 Å². The number of rotatable bonds is 2. The molecule has 0 saturated carbocycles. The van der Waals surface area contributed by atoms with Crippen molar-refractivity contribution in [2.45, 2.75) is 31.2 Å². The fourth-order valence-electron chi connectivity index (χ4n) is 2.20. The maximum absolute atomic E-state index is 11.9. The number of benzene rings is 1. The Morgan fingerprint density at radius 2 is 2.33 bits per heavy atom. The maximum Gasteiger partial charge on any atom is 0.0536 e. The summed E-state index contributed by atoms with van der Waals surface area (Å²) in [5, 5.41) is 3.45. The molecule has 2 rings (SSSR count). The SMILES string of the molecule is CCNC1CCS(=O)c2c(C)cccc21. The van der Waals surface area contributed by atoms with E-state index in [-0.39, 0.29) is 0 Å². The van der Waals surface area contributed by atoms with E-state index in [2.05, 4.69) is 24.4 Å². The summed E-state index contributed by atoms with van der Waals surface area (Å²) < 4.78 is 11.9. The van der Waals surface area contributed by atoms with E-state index in [0.29, 0.717) is 6.04 Å². The normalized spacial score (nSPS) is 24.9. The third-order valence-electron chi connectivity index (χ3n) is 2.89. The highest BCUT2D eigenvalue weighted by atomic mass is 32.2. The lowest BCUT2D eigenvalue weighted by Crippen LogP contribution is -2.27. The van der Waals surface area contributed by atoms with Gasteiger partial charge in [-0.25, -0.2) is 0 Å². The Morgan fingerprint density at radius 1 is 1.53 bits per heavy atom. The van der Waals surface area contributed by atoms with Crippen LogP contribution in [0.3, 0.4) is 0 Å². The lowest BCUT2D eigenvalue weighted by Gasteiger charge is -2.26. The van der Waals surface area contributed by atoms with Gasteiger partial charge in [0.25, 0.3) is 0 Å². The lowest BCUT2D eigenvalue weighted by atomic mass is 10.0. The Bertz CT molecular complexity index is 389. The first-order valence-corrected chi connectivity index (χ1v) is 6.77. The van der Waals surface area contributed by atoms with Gasteiger partial charge in [0.1, 0.15) is 0 Å². The standard InChI is InChI=1S/C12H17NOS/c1-3-13-11-7-8-15(14)12-9(2)5-4-6-10(11)12/h4-6,11,13H,3,7-8H2,1-2H3. The van der Waals surface area contributed by atoms with Gasteiger partial charge in [-0.3, -0.25) is 4.21 Å². The van der Waals surface area contributed by atoms with Crippen LogP contribution < -0.4 is 5.32 Å². The van der Waals surface area contributed by atoms with Crippen LogP contribution in [0.5, 0.6) is 0 Å². The van der Waals surface area contributed by atoms with E-state index in [0.717, 1.165) is 29.2 Å². The molecule has 0 aliphatic carbocycles. The van der Waals surface area contributed by atoms with Gasteiger partial charge in [0.15, 0.2) is 0 Å². The van der Waals surface area contributed by atoms with Gasteiger partial charge in [0.2, 0.25) is 0 Å². The van der Waals surface area contributed by atoms with Crippen molar-refractivity contribution in [1.29, 1.82) is 0 Å². The molecule has 0 saturated heterocycles. The second kappa shape index (κ2) is 4.45. The van der Waals surface area contributed by atoms with Crippen molar-refractivity contribution in [2.24, 2.45) is 0 Å². The second-order valence-electron chi connectivity index (χ2n) is 3.94. The quantitative estimate of drug-likeness (QED) is 0.832. The van der Waals surface area contributed by atoms with Crippen LogP contribution in [0.2, 0.25) is 0 Å². The molecule has 1 heterocycles. The first-order valence-electron chi connectivity index (χ1n) is 5.45. The Morgan fingerprint density at radius 3 is 3.07 bits per heavy atom. The van der Waals surface area contributed by atoms with Crippen molar-refractivity contribution in [3.8, 4) is 0 Å². The average molecular weight is 223 g/mol. The molecule has 1 aliphatic rings. The minimum Gasteiger partial charge on any atom is -0.310 e. The predicted molar refractivity (Wildman–Crippen MR) is 63.5 cm³/mol. The van der Waals surface area contributed by atoms with Gasteiger partial charge in [-0.1, -0.05) is 25.1 Å². The molecule has 1 aromatic rings. The van der Waals surface area contributed by atoms with E-state index < -0.39 is 10.8 Å². The Labute approximate surface area is 93.5 Å². The molecule has 82 valence electrons. The molecule has 0 amide bonds. The highest BCUT2D eigenvalue weighted by molar-refractivity contribution is 7.85. The van der Waals surface area contributed by atoms with Crippen LogP contribution in [-0.2, 0) is 10.8 Å². The van der Waals surface area contributed by atoms with Crippen LogP contribution in [0.4, 0.5) is 0 Å². The largest absolute Gasteiger partial charge is 0.310 e. The zero-order chi connectivity index (χ0) is 10.8. The molecular formula is C12H17NOS. The molecule has 0 aromatic heterocycles. The van der Waals surface area contributed by atoms with Crippen molar-refractivity contribution in [1.82, 2.24) is 5.32 Å². The van der Waals surface area contributed by atoms with Gasteiger partial charge in [-0.2, -0.15) is 0 Å². The third-order valence-corrected chi connectivity index (χ3v) is 4.51. The maximum atomic E-state index is 11.9. The summed E-state index contributed by atoms with van der Waals surface area (Å²) in [5.41, 5.74) is 2.40. The van der Waals surface area contributed by atoms with Gasteiger partial charge in [-0.15, -0.1) is 0 Å². The number of fused-ring (bicyclic) bond motifs is 1. The van der Waals surface area contributed by atoms with Crippen molar-refractivity contribution < 1.29 is 4.21 Å². The number of hydrogen-bond donors (Lipinski definition) is 1. The molecular weight excluding hydrogens is 206 g/mol. The van der Waals surface area contributed by atoms with E-state index in [1.807, 2.05) is 13.0 Å². The van der Waals surface area contributed by atoms with Gasteiger partial charge in [-0.05, 0) is 31.0 Å². The Balaban J connectivity index is 2.45. The molecule has 2 atom stereocenters. The van der Waals surface area contributed by atoms with Gasteiger partial charge in [0, 0.05) is 16.7 Å². The predicted octanol–water partition coefficient (Wildman–Crippen LogP) is 2.16. The van der Waals surface area contributed by atoms with E-state index in [1.165, 1.54) is 5.56 Å². The number of aryl methyl sites for hydroxylation is 1. The van der Waals surface area contributed by atoms with E-state index in [1.54, 1.807) is 0 Å². The van der Waals surface area contributed by atoms with Crippen molar-refractivity contribution in [2.75, 3.05) is 12.3 Å². The first kappa shape index (κ1) is 10.8. The summed E-state index contributed by atoms with van der Waals surface area (Å²) in [6.45, 7) is 5.12. The fourth-order valence-corrected chi connectivity index (χ4v) is 3.76. The fraction of sp³-hybridized carbons (Fsp3) is 0.500. The summed E-state index contributed by atoms with van der Waals surface area (Å²) in [4.78, 5) is 1.06. The highest BCUT2D eigenvalue weighted by Gasteiger charge is 2.24. The third kappa shape index (κ3) is 1.99. The molecule has 0 radical (unpaired) electrons. The summed E-state index contributed by atoms with van der Waals surface area (Å²) in [6, 6.07) is 6.60. The highest BCUT2D eigenvalue weighted by Crippen LogP contribution is 2.31. The zero-order valence-electron chi connectivity index (χ0n) is 9.25. The van der Waals surface area contributed by atoms with Crippen molar-refractivity contribution in [3.05, 3.63) is 29.3 Å². The van der Waals surface area contributed by atoms with E-state index in [4.69, 9.17) is 0 Å². The van der Waals surface area contributed by atoms with Crippen molar-refractivity contribution in [3.63, 3.8) is 0 Å². The summed E-state index contributed by atoms with van der Waals surface area (Å²) in [6.07, 6.45) is 0.983. The molecule has 1 aromatic carbocycles. The molecule has 1 aliphatic heterocycles. The molecule has 0 bridgehead atoms. The topological polar surface area (TPSA) is 29.1 Å². The zero-order valence-corrected chi connectivity index (χ0v) is 10.1. The van der Waals surface area contributed by atoms with Crippen LogP contribution in [0.25, 0.3) is 0 Å². The summed E-state index contributed by atoms with van der Waals surface area (Å²) in [5.74, 6) is 0.787. The second-order valence-corrected chi connectivity index (χ2v) is 5.45. The summed E-state index contributed by atoms with van der Waals surface area (Å²) in [7, 11) is -0.791. The molecule has 1 N–H and O–H groups in total. The molecule has 0 fully saturated rings. The van der Waals surface area contributed by atoms with Gasteiger partial charge in [0.05, 0.1) is 10.8 Å². The van der Waals surface area contributed by atoms with Crippen LogP contribution in [-0.4, -0.2) is 16.5 Å². The minimum atomic E-state index is -0.791. The molecule has 0 spiro atoms. The first-order chi connectivity index (χ1) is 7.24. The molecule has 2 unspecified atom stereocenters. The lowest BCUT2D eigenvalue weighted by molar-refractivity contribution is 0.519. The van der Waals surface area contributed by atoms with Crippen LogP contribution >= 0.6 is 0 Å². The van der Waals surface area contributed by atoms with Gasteiger partial charge < -0.3 is 5.32 Å². The van der Waals surface area contributed by atoms with Crippen LogP contribution in [0.1, 0.15) is 30.5 Å². The van der Waals surface area contributed by atoms with E-state index >= 15 is 0 Å². The van der Waals surface area contributed by atoms with Crippen LogP contribution in [0, 0.1) is 6.92 Å². The monoisotopic (exact) mass is 223 g/mol. The smallest absolute Gasteiger partial charge is 0.0536 e. The Hall–Kier alpha value is -0.670. The molecule has 3 heteroatoms. The van der Waals surface area contributed by atoms with Gasteiger partial charge >= 0.3 is 0 Å².